The zero-order chi connectivity index (χ0) is 14.2. The lowest BCUT2D eigenvalue weighted by molar-refractivity contribution is 0.543. The highest BCUT2D eigenvalue weighted by Gasteiger charge is 2.24. The fourth-order valence-electron chi connectivity index (χ4n) is 1.53. The molecule has 18 heavy (non-hydrogen) atoms. The third kappa shape index (κ3) is 5.04. The molecule has 0 amide bonds. The van der Waals surface area contributed by atoms with Gasteiger partial charge in [0.2, 0.25) is 0 Å². The maximum absolute atomic E-state index is 12.0. The summed E-state index contributed by atoms with van der Waals surface area (Å²) in [7, 11) is -3.20. The highest BCUT2D eigenvalue weighted by Crippen LogP contribution is 2.25. The fourth-order valence-corrected chi connectivity index (χ4v) is 4.82. The molecule has 0 bridgehead atoms. The van der Waals surface area contributed by atoms with Crippen molar-refractivity contribution in [2.75, 3.05) is 5.75 Å². The maximum atomic E-state index is 12.0. The molecule has 0 spiro atoms. The van der Waals surface area contributed by atoms with Crippen molar-refractivity contribution in [3.8, 4) is 0 Å². The van der Waals surface area contributed by atoms with Crippen LogP contribution in [-0.4, -0.2) is 24.7 Å². The molecule has 0 aliphatic heterocycles. The second kappa shape index (κ2) is 4.90. The fraction of sp³-hybridized carbons (Fsp3) is 0.750. The summed E-state index contributed by atoms with van der Waals surface area (Å²) in [6.07, 6.45) is 0. The molecule has 0 aliphatic rings. The van der Waals surface area contributed by atoms with Crippen LogP contribution in [0.25, 0.3) is 0 Å². The Kier molecular flexibility index (Phi) is 4.25. The first kappa shape index (κ1) is 15.6. The number of aromatic nitrogens is 1. The van der Waals surface area contributed by atoms with E-state index in [1.54, 1.807) is 13.8 Å². The van der Waals surface area contributed by atoms with E-state index in [1.807, 2.05) is 5.38 Å². The summed E-state index contributed by atoms with van der Waals surface area (Å²) in [6, 6.07) is 0. The lowest BCUT2D eigenvalue weighted by Crippen LogP contribution is -2.40. The van der Waals surface area contributed by atoms with Crippen LogP contribution in [0.5, 0.6) is 0 Å². The van der Waals surface area contributed by atoms with Crippen LogP contribution in [0.2, 0.25) is 0 Å². The number of sulfone groups is 1. The summed E-state index contributed by atoms with van der Waals surface area (Å²) < 4.78 is 23.9. The van der Waals surface area contributed by atoms with Crippen LogP contribution in [0.3, 0.4) is 0 Å². The van der Waals surface area contributed by atoms with Gasteiger partial charge in [-0.25, -0.2) is 13.4 Å². The first-order chi connectivity index (χ1) is 7.89. The summed E-state index contributed by atoms with van der Waals surface area (Å²) in [5.41, 5.74) is 5.93. The molecule has 0 saturated carbocycles. The molecule has 0 atom stereocenters. The van der Waals surface area contributed by atoms with Gasteiger partial charge in [0, 0.05) is 16.3 Å². The van der Waals surface area contributed by atoms with Gasteiger partial charge in [0.05, 0.1) is 11.4 Å². The molecule has 1 heterocycles. The molecule has 104 valence electrons. The summed E-state index contributed by atoms with van der Waals surface area (Å²) in [5, 5.41) is 2.57. The third-order valence-corrected chi connectivity index (χ3v) is 5.18. The van der Waals surface area contributed by atoms with Crippen LogP contribution >= 0.6 is 11.3 Å². The van der Waals surface area contributed by atoms with Gasteiger partial charge in [-0.3, -0.25) is 0 Å². The van der Waals surface area contributed by atoms with Gasteiger partial charge >= 0.3 is 0 Å². The first-order valence-electron chi connectivity index (χ1n) is 5.83. The van der Waals surface area contributed by atoms with Crippen LogP contribution in [0, 0.1) is 0 Å². The summed E-state index contributed by atoms with van der Waals surface area (Å²) in [5.74, 6) is -0.0428. The monoisotopic (exact) mass is 290 g/mol. The minimum Gasteiger partial charge on any atom is -0.325 e. The molecule has 4 nitrogen and oxygen atoms in total. The van der Waals surface area contributed by atoms with Crippen LogP contribution in [-0.2, 0) is 21.0 Å². The minimum atomic E-state index is -3.20. The van der Waals surface area contributed by atoms with E-state index < -0.39 is 15.4 Å². The quantitative estimate of drug-likeness (QED) is 0.921. The third-order valence-electron chi connectivity index (χ3n) is 2.26. The number of nitrogens with zero attached hydrogens (tertiary/aromatic N) is 1. The van der Waals surface area contributed by atoms with Gasteiger partial charge in [-0.15, -0.1) is 11.3 Å². The van der Waals surface area contributed by atoms with Crippen molar-refractivity contribution in [3.63, 3.8) is 0 Å². The van der Waals surface area contributed by atoms with Gasteiger partial charge < -0.3 is 5.73 Å². The molecule has 0 aromatic carbocycles. The Balaban J connectivity index is 2.83. The van der Waals surface area contributed by atoms with Crippen LogP contribution < -0.4 is 5.73 Å². The molecule has 2 N–H and O–H groups in total. The van der Waals surface area contributed by atoms with Gasteiger partial charge in [-0.1, -0.05) is 20.8 Å². The molecular weight excluding hydrogens is 268 g/mol. The molecule has 0 aliphatic carbocycles. The van der Waals surface area contributed by atoms with E-state index >= 15 is 0 Å². The summed E-state index contributed by atoms with van der Waals surface area (Å²) in [4.78, 5) is 4.40. The van der Waals surface area contributed by atoms with Crippen molar-refractivity contribution in [2.24, 2.45) is 5.73 Å². The Morgan fingerprint density at radius 1 is 1.28 bits per heavy atom. The number of hydrogen-bond acceptors (Lipinski definition) is 5. The Hall–Kier alpha value is -0.460. The molecular formula is C12H22N2O2S2. The smallest absolute Gasteiger partial charge is 0.158 e. The average Bonchev–Trinajstić information content (AvgIpc) is 2.44. The Bertz CT molecular complexity index is 505. The molecule has 1 aromatic heterocycles. The van der Waals surface area contributed by atoms with Crippen molar-refractivity contribution in [1.29, 1.82) is 0 Å². The highest BCUT2D eigenvalue weighted by molar-refractivity contribution is 7.90. The zero-order valence-electron chi connectivity index (χ0n) is 11.6. The van der Waals surface area contributed by atoms with Crippen molar-refractivity contribution in [3.05, 3.63) is 16.1 Å². The molecule has 0 fully saturated rings. The first-order valence-corrected chi connectivity index (χ1v) is 8.53. The molecule has 1 aromatic rings. The maximum Gasteiger partial charge on any atom is 0.158 e. The second-order valence-electron chi connectivity index (χ2n) is 6.40. The van der Waals surface area contributed by atoms with E-state index in [1.165, 1.54) is 11.3 Å². The molecule has 0 radical (unpaired) electrons. The average molecular weight is 290 g/mol. The van der Waals surface area contributed by atoms with Crippen molar-refractivity contribution >= 4 is 21.2 Å². The number of rotatable bonds is 4. The van der Waals surface area contributed by atoms with Gasteiger partial charge in [-0.2, -0.15) is 0 Å². The van der Waals surface area contributed by atoms with Gasteiger partial charge in [0.25, 0.3) is 0 Å². The predicted octanol–water partition coefficient (Wildman–Crippen LogP) is 2.09. The topological polar surface area (TPSA) is 73.1 Å². The lowest BCUT2D eigenvalue weighted by atomic mass is 9.93. The number of nitrogens with two attached hydrogens (primary N) is 1. The predicted molar refractivity (Wildman–Crippen MR) is 76.6 cm³/mol. The highest BCUT2D eigenvalue weighted by atomic mass is 32.2. The molecule has 1 rings (SSSR count). The minimum absolute atomic E-state index is 0.0195. The largest absolute Gasteiger partial charge is 0.325 e. The molecule has 6 heteroatoms. The zero-order valence-corrected chi connectivity index (χ0v) is 13.3. The van der Waals surface area contributed by atoms with Gasteiger partial charge in [0.15, 0.2) is 9.84 Å². The van der Waals surface area contributed by atoms with Crippen LogP contribution in [0.15, 0.2) is 5.38 Å². The molecule has 0 unspecified atom stereocenters. The van der Waals surface area contributed by atoms with E-state index in [0.717, 1.165) is 5.69 Å². The van der Waals surface area contributed by atoms with E-state index in [9.17, 15) is 8.42 Å². The van der Waals surface area contributed by atoms with Crippen molar-refractivity contribution < 1.29 is 8.42 Å². The lowest BCUT2D eigenvalue weighted by Gasteiger charge is -2.17. The number of thiazole rings is 1. The van der Waals surface area contributed by atoms with E-state index in [0.29, 0.717) is 5.01 Å². The van der Waals surface area contributed by atoms with Crippen LogP contribution in [0.4, 0.5) is 0 Å². The summed E-state index contributed by atoms with van der Waals surface area (Å²) in [6.45, 7) is 9.61. The Morgan fingerprint density at radius 2 is 1.83 bits per heavy atom. The van der Waals surface area contributed by atoms with Crippen molar-refractivity contribution in [2.45, 2.75) is 51.3 Å². The van der Waals surface area contributed by atoms with E-state index in [-0.39, 0.29) is 16.9 Å². The second-order valence-corrected chi connectivity index (χ2v) is 9.40. The Labute approximate surface area is 114 Å². The Morgan fingerprint density at radius 3 is 2.22 bits per heavy atom. The number of hydrogen-bond donors (Lipinski definition) is 1. The van der Waals surface area contributed by atoms with Gasteiger partial charge in [-0.05, 0) is 13.8 Å². The molecule has 0 saturated heterocycles. The van der Waals surface area contributed by atoms with Gasteiger partial charge in [0.1, 0.15) is 10.8 Å². The normalized spacial score (nSPS) is 13.9. The van der Waals surface area contributed by atoms with Crippen LogP contribution in [0.1, 0.15) is 45.3 Å². The standard InChI is InChI=1S/C12H22N2O2S2/c1-11(2,3)9-6-17-10(14-9)7-18(15,16)8-12(4,5)13/h6H,7-8,13H2,1-5H3. The SMILES string of the molecule is CC(C)(N)CS(=O)(=O)Cc1nc(C(C)(C)C)cs1. The summed E-state index contributed by atoms with van der Waals surface area (Å²) >= 11 is 1.40. The van der Waals surface area contributed by atoms with Crippen molar-refractivity contribution in [1.82, 2.24) is 4.98 Å². The van der Waals surface area contributed by atoms with E-state index in [4.69, 9.17) is 5.73 Å². The van der Waals surface area contributed by atoms with E-state index in [2.05, 4.69) is 25.8 Å².